The average Bonchev–Trinajstić information content (AvgIpc) is 3.00. The van der Waals surface area contributed by atoms with Gasteiger partial charge in [0.2, 0.25) is 0 Å². The van der Waals surface area contributed by atoms with Gasteiger partial charge in [-0.2, -0.15) is 9.78 Å². The first-order valence-electron chi connectivity index (χ1n) is 14.2. The van der Waals surface area contributed by atoms with Gasteiger partial charge in [-0.25, -0.2) is 4.98 Å². The van der Waals surface area contributed by atoms with Gasteiger partial charge in [-0.3, -0.25) is 14.9 Å². The second kappa shape index (κ2) is 13.4. The lowest BCUT2D eigenvalue weighted by Crippen LogP contribution is -2.21. The Balaban J connectivity index is 1.51. The summed E-state index contributed by atoms with van der Waals surface area (Å²) in [6, 6.07) is 23.2. The molecular weight excluding hydrogens is 671 g/mol. The Kier molecular flexibility index (Phi) is 9.38. The maximum absolute atomic E-state index is 13.8. The number of hydrogen-bond donors (Lipinski definition) is 0. The maximum Gasteiger partial charge on any atom is 0.282 e. The van der Waals surface area contributed by atoms with Crippen LogP contribution in [0.1, 0.15) is 48.9 Å². The summed E-state index contributed by atoms with van der Waals surface area (Å²) in [4.78, 5) is 29.3. The first-order valence-corrected chi connectivity index (χ1v) is 15.2. The summed E-state index contributed by atoms with van der Waals surface area (Å²) in [6.07, 6.45) is 1.63. The topological polar surface area (TPSA) is 109 Å². The minimum Gasteiger partial charge on any atom is -0.494 e. The zero-order chi connectivity index (χ0) is 31.4. The molecule has 0 unspecified atom stereocenters. The molecule has 0 saturated heterocycles. The Morgan fingerprint density at radius 3 is 2.55 bits per heavy atom. The molecule has 0 atom stereocenters. The number of hydrogen-bond acceptors (Lipinski definition) is 7. The molecule has 0 aliphatic heterocycles. The number of nitro groups is 1. The maximum atomic E-state index is 13.8. The zero-order valence-electron chi connectivity index (χ0n) is 24.8. The van der Waals surface area contributed by atoms with E-state index in [-0.39, 0.29) is 23.8 Å². The highest BCUT2D eigenvalue weighted by Crippen LogP contribution is 2.34. The Labute approximate surface area is 268 Å². The number of halogens is 1. The summed E-state index contributed by atoms with van der Waals surface area (Å²) in [5, 5.41) is 16.2. The van der Waals surface area contributed by atoms with Crippen molar-refractivity contribution in [2.45, 2.75) is 40.2 Å². The van der Waals surface area contributed by atoms with Crippen LogP contribution in [-0.2, 0) is 6.61 Å². The van der Waals surface area contributed by atoms with Gasteiger partial charge in [0.05, 0.1) is 32.2 Å². The predicted octanol–water partition coefficient (Wildman–Crippen LogP) is 7.87. The molecule has 4 aromatic carbocycles. The number of benzene rings is 4. The first-order chi connectivity index (χ1) is 21.2. The fraction of sp³-hybridized carbons (Fsp3) is 0.206. The summed E-state index contributed by atoms with van der Waals surface area (Å²) in [6.45, 7) is 8.89. The average molecular weight is 703 g/mol. The van der Waals surface area contributed by atoms with Gasteiger partial charge in [-0.15, -0.1) is 0 Å². The molecule has 0 spiro atoms. The molecule has 0 fully saturated rings. The quantitative estimate of drug-likeness (QED) is 0.0635. The van der Waals surface area contributed by atoms with E-state index in [4.69, 9.17) is 14.5 Å². The van der Waals surface area contributed by atoms with Crippen LogP contribution in [0.2, 0.25) is 0 Å². The molecule has 224 valence electrons. The lowest BCUT2D eigenvalue weighted by Gasteiger charge is -2.18. The molecule has 5 rings (SSSR count). The van der Waals surface area contributed by atoms with Gasteiger partial charge >= 0.3 is 0 Å². The van der Waals surface area contributed by atoms with Crippen LogP contribution < -0.4 is 15.0 Å². The minimum atomic E-state index is -0.427. The number of non-ortho nitro benzene ring substituents is 1. The van der Waals surface area contributed by atoms with Crippen molar-refractivity contribution in [1.82, 2.24) is 9.66 Å². The number of aromatic nitrogens is 2. The molecule has 0 amide bonds. The first kappa shape index (κ1) is 30.9. The fourth-order valence-corrected chi connectivity index (χ4v) is 5.53. The van der Waals surface area contributed by atoms with Crippen molar-refractivity contribution in [1.29, 1.82) is 0 Å². The minimum absolute atomic E-state index is 0.0195. The number of nitro benzene ring substituents is 1. The van der Waals surface area contributed by atoms with Gasteiger partial charge < -0.3 is 9.47 Å². The van der Waals surface area contributed by atoms with Crippen LogP contribution in [0.15, 0.2) is 88.8 Å². The number of fused-ring (bicyclic) bond motifs is 1. The summed E-state index contributed by atoms with van der Waals surface area (Å²) in [5.74, 6) is 2.09. The van der Waals surface area contributed by atoms with Crippen LogP contribution in [0.5, 0.6) is 11.5 Å². The van der Waals surface area contributed by atoms with Crippen LogP contribution in [0.3, 0.4) is 0 Å². The molecule has 1 aromatic heterocycles. The van der Waals surface area contributed by atoms with Crippen LogP contribution in [0.25, 0.3) is 22.3 Å². The van der Waals surface area contributed by atoms with Gasteiger partial charge in [0.25, 0.3) is 11.2 Å². The lowest BCUT2D eigenvalue weighted by atomic mass is 9.96. The van der Waals surface area contributed by atoms with Crippen molar-refractivity contribution in [2.75, 3.05) is 6.61 Å². The highest BCUT2D eigenvalue weighted by atomic mass is 127. The van der Waals surface area contributed by atoms with Crippen LogP contribution >= 0.6 is 22.6 Å². The van der Waals surface area contributed by atoms with Crippen molar-refractivity contribution in [2.24, 2.45) is 5.10 Å². The molecule has 44 heavy (non-hydrogen) atoms. The summed E-state index contributed by atoms with van der Waals surface area (Å²) < 4.78 is 14.0. The van der Waals surface area contributed by atoms with Gasteiger partial charge in [0.15, 0.2) is 5.82 Å². The summed E-state index contributed by atoms with van der Waals surface area (Å²) in [7, 11) is 0. The van der Waals surface area contributed by atoms with E-state index in [9.17, 15) is 14.9 Å². The van der Waals surface area contributed by atoms with Crippen molar-refractivity contribution in [3.8, 4) is 22.9 Å². The van der Waals surface area contributed by atoms with Gasteiger partial charge in [-0.05, 0) is 107 Å². The monoisotopic (exact) mass is 702 g/mol. The van der Waals surface area contributed by atoms with Crippen molar-refractivity contribution in [3.05, 3.63) is 125 Å². The van der Waals surface area contributed by atoms with E-state index in [0.717, 1.165) is 31.6 Å². The summed E-state index contributed by atoms with van der Waals surface area (Å²) >= 11 is 2.17. The third kappa shape index (κ3) is 6.65. The second-order valence-electron chi connectivity index (χ2n) is 10.5. The normalized spacial score (nSPS) is 11.4. The van der Waals surface area contributed by atoms with Crippen LogP contribution in [-0.4, -0.2) is 27.4 Å². The zero-order valence-corrected chi connectivity index (χ0v) is 26.9. The molecule has 0 bridgehead atoms. The van der Waals surface area contributed by atoms with Crippen molar-refractivity contribution >= 4 is 45.4 Å². The third-order valence-electron chi connectivity index (χ3n) is 7.07. The number of nitrogens with zero attached hydrogens (tertiary/aromatic N) is 4. The number of ether oxygens (including phenoxy) is 2. The van der Waals surface area contributed by atoms with E-state index < -0.39 is 4.92 Å². The van der Waals surface area contributed by atoms with E-state index in [2.05, 4.69) is 41.5 Å². The SMILES string of the molecule is CCOc1cc(C)c(-c2nc3ccccc3c(=O)n2N=Cc2ccc(OCc3cccc([N+](=O)[O-])c3)c(I)c2)cc1C(C)C. The molecule has 0 saturated carbocycles. The number of aryl methyl sites for hydroxylation is 1. The Morgan fingerprint density at radius 1 is 1.02 bits per heavy atom. The highest BCUT2D eigenvalue weighted by molar-refractivity contribution is 14.1. The molecule has 10 heteroatoms. The van der Waals surface area contributed by atoms with Crippen molar-refractivity contribution in [3.63, 3.8) is 0 Å². The second-order valence-corrected chi connectivity index (χ2v) is 11.7. The molecule has 0 N–H and O–H groups in total. The predicted molar refractivity (Wildman–Crippen MR) is 181 cm³/mol. The third-order valence-corrected chi connectivity index (χ3v) is 7.91. The van der Waals surface area contributed by atoms with Gasteiger partial charge in [-0.1, -0.05) is 38.1 Å². The standard InChI is InChI=1S/C34H31IN4O5/c1-5-43-32-15-22(4)28(18-27(32)21(2)3)33-37-30-12-7-6-11-26(30)34(40)38(33)36-19-23-13-14-31(29(35)17-23)44-20-24-9-8-10-25(16-24)39(41)42/h6-19,21H,5,20H2,1-4H3. The molecule has 0 radical (unpaired) electrons. The van der Waals surface area contributed by atoms with Crippen LogP contribution in [0, 0.1) is 20.6 Å². The molecule has 0 aliphatic rings. The molecule has 9 nitrogen and oxygen atoms in total. The molecule has 0 aliphatic carbocycles. The van der Waals surface area contributed by atoms with E-state index in [0.29, 0.717) is 34.6 Å². The Hall–Kier alpha value is -4.58. The molecule has 5 aromatic rings. The summed E-state index contributed by atoms with van der Waals surface area (Å²) in [5.41, 5.74) is 4.55. The fourth-order valence-electron chi connectivity index (χ4n) is 4.84. The Bertz CT molecular complexity index is 1950. The highest BCUT2D eigenvalue weighted by Gasteiger charge is 2.18. The molecule has 1 heterocycles. The van der Waals surface area contributed by atoms with E-state index in [1.165, 1.54) is 16.8 Å². The number of para-hydroxylation sites is 1. The van der Waals surface area contributed by atoms with Gasteiger partial charge in [0, 0.05) is 17.7 Å². The Morgan fingerprint density at radius 2 is 1.82 bits per heavy atom. The van der Waals surface area contributed by atoms with Crippen LogP contribution in [0.4, 0.5) is 5.69 Å². The molecular formula is C34H31IN4O5. The van der Waals surface area contributed by atoms with Crippen molar-refractivity contribution < 1.29 is 14.4 Å². The number of rotatable bonds is 10. The lowest BCUT2D eigenvalue weighted by molar-refractivity contribution is -0.384. The van der Waals surface area contributed by atoms with E-state index in [1.54, 1.807) is 24.4 Å². The largest absolute Gasteiger partial charge is 0.494 e. The van der Waals surface area contributed by atoms with E-state index >= 15 is 0 Å². The van der Waals surface area contributed by atoms with Gasteiger partial charge in [0.1, 0.15) is 18.1 Å². The smallest absolute Gasteiger partial charge is 0.282 e. The van der Waals surface area contributed by atoms with E-state index in [1.807, 2.05) is 62.4 Å².